The fourth-order valence-corrected chi connectivity index (χ4v) is 4.17. The molecule has 0 spiro atoms. The number of hydrogen-bond donors (Lipinski definition) is 1. The van der Waals surface area contributed by atoms with Gasteiger partial charge in [-0.3, -0.25) is 4.90 Å². The van der Waals surface area contributed by atoms with Gasteiger partial charge in [-0.05, 0) is 32.4 Å². The molecule has 0 radical (unpaired) electrons. The summed E-state index contributed by atoms with van der Waals surface area (Å²) in [5.74, 6) is 0. The summed E-state index contributed by atoms with van der Waals surface area (Å²) in [6, 6.07) is 1.07. The molecule has 0 amide bonds. The predicted octanol–water partition coefficient (Wildman–Crippen LogP) is 2.35. The maximum absolute atomic E-state index is 6.11. The summed E-state index contributed by atoms with van der Waals surface area (Å²) in [4.78, 5) is 2.58. The molecule has 0 aromatic heterocycles. The third-order valence-corrected chi connectivity index (χ3v) is 6.04. The Morgan fingerprint density at radius 2 is 2.11 bits per heavy atom. The van der Waals surface area contributed by atoms with Gasteiger partial charge in [0.25, 0.3) is 0 Å². The highest BCUT2D eigenvalue weighted by atomic mass is 32.2. The third kappa shape index (κ3) is 3.41. The van der Waals surface area contributed by atoms with Gasteiger partial charge in [0.05, 0.1) is 6.61 Å². The van der Waals surface area contributed by atoms with Crippen LogP contribution in [0, 0.1) is 0 Å². The van der Waals surface area contributed by atoms with Crippen molar-refractivity contribution in [1.29, 1.82) is 0 Å². The zero-order valence-electron chi connectivity index (χ0n) is 12.4. The number of rotatable bonds is 9. The molecule has 1 fully saturated rings. The fraction of sp³-hybridized carbons (Fsp3) is 1.00. The molecular weight excluding hydrogens is 244 g/mol. The van der Waals surface area contributed by atoms with Gasteiger partial charge < -0.3 is 10.5 Å². The zero-order chi connectivity index (χ0) is 13.6. The first-order chi connectivity index (χ1) is 8.65. The lowest BCUT2D eigenvalue weighted by Gasteiger charge is -2.52. The second kappa shape index (κ2) is 7.73. The summed E-state index contributed by atoms with van der Waals surface area (Å²) in [6.45, 7) is 7.12. The van der Waals surface area contributed by atoms with E-state index in [0.717, 1.165) is 19.7 Å². The molecule has 0 aliphatic heterocycles. The Kier molecular flexibility index (Phi) is 6.99. The first-order valence-electron chi connectivity index (χ1n) is 7.15. The lowest BCUT2D eigenvalue weighted by Crippen LogP contribution is -2.60. The van der Waals surface area contributed by atoms with Crippen molar-refractivity contribution in [3.8, 4) is 0 Å². The van der Waals surface area contributed by atoms with Gasteiger partial charge in [0.2, 0.25) is 0 Å². The molecule has 2 N–H and O–H groups in total. The molecule has 0 heterocycles. The van der Waals surface area contributed by atoms with Gasteiger partial charge in [-0.15, -0.1) is 0 Å². The molecule has 1 rings (SSSR count). The van der Waals surface area contributed by atoms with Crippen molar-refractivity contribution in [2.45, 2.75) is 56.4 Å². The molecule has 1 aliphatic rings. The SMILES string of the molecule is CCC(C)N(CCOC)C(CN)C1(SC)CCC1. The van der Waals surface area contributed by atoms with E-state index in [4.69, 9.17) is 10.5 Å². The van der Waals surface area contributed by atoms with Gasteiger partial charge >= 0.3 is 0 Å². The van der Waals surface area contributed by atoms with Crippen LogP contribution in [0.25, 0.3) is 0 Å². The van der Waals surface area contributed by atoms with E-state index >= 15 is 0 Å². The van der Waals surface area contributed by atoms with Crippen molar-refractivity contribution in [3.63, 3.8) is 0 Å². The van der Waals surface area contributed by atoms with Gasteiger partial charge in [0.15, 0.2) is 0 Å². The molecule has 0 aromatic rings. The molecule has 108 valence electrons. The smallest absolute Gasteiger partial charge is 0.0589 e. The molecule has 0 aromatic carbocycles. The molecule has 1 aliphatic carbocycles. The first kappa shape index (κ1) is 16.3. The van der Waals surface area contributed by atoms with E-state index in [1.54, 1.807) is 7.11 Å². The van der Waals surface area contributed by atoms with Gasteiger partial charge in [-0.2, -0.15) is 11.8 Å². The van der Waals surface area contributed by atoms with Gasteiger partial charge in [-0.25, -0.2) is 0 Å². The number of thioether (sulfide) groups is 1. The van der Waals surface area contributed by atoms with Crippen LogP contribution in [-0.2, 0) is 4.74 Å². The topological polar surface area (TPSA) is 38.5 Å². The van der Waals surface area contributed by atoms with E-state index in [1.165, 1.54) is 25.7 Å². The minimum atomic E-state index is 0.395. The Labute approximate surface area is 117 Å². The van der Waals surface area contributed by atoms with Crippen LogP contribution in [0.1, 0.15) is 39.5 Å². The van der Waals surface area contributed by atoms with Crippen LogP contribution in [-0.4, -0.2) is 54.8 Å². The summed E-state index contributed by atoms with van der Waals surface area (Å²) in [5.41, 5.74) is 6.11. The van der Waals surface area contributed by atoms with Crippen LogP contribution in [0.3, 0.4) is 0 Å². The van der Waals surface area contributed by atoms with Crippen LogP contribution in [0.15, 0.2) is 0 Å². The normalized spacial score (nSPS) is 21.7. The molecule has 1 saturated carbocycles. The second-order valence-corrected chi connectivity index (χ2v) is 6.58. The molecule has 2 unspecified atom stereocenters. The van der Waals surface area contributed by atoms with Crippen LogP contribution in [0.4, 0.5) is 0 Å². The largest absolute Gasteiger partial charge is 0.383 e. The average molecular weight is 274 g/mol. The highest BCUT2D eigenvalue weighted by molar-refractivity contribution is 8.00. The third-order valence-electron chi connectivity index (χ3n) is 4.55. The summed E-state index contributed by atoms with van der Waals surface area (Å²) in [5, 5.41) is 0. The van der Waals surface area contributed by atoms with Crippen molar-refractivity contribution in [3.05, 3.63) is 0 Å². The number of nitrogens with zero attached hydrogens (tertiary/aromatic N) is 1. The average Bonchev–Trinajstić information content (AvgIpc) is 2.35. The molecule has 3 nitrogen and oxygen atoms in total. The van der Waals surface area contributed by atoms with Crippen molar-refractivity contribution < 1.29 is 4.74 Å². The molecule has 2 atom stereocenters. The van der Waals surface area contributed by atoms with E-state index < -0.39 is 0 Å². The molecule has 18 heavy (non-hydrogen) atoms. The molecule has 4 heteroatoms. The second-order valence-electron chi connectivity index (χ2n) is 5.36. The highest BCUT2D eigenvalue weighted by Gasteiger charge is 2.46. The Morgan fingerprint density at radius 1 is 1.44 bits per heavy atom. The van der Waals surface area contributed by atoms with Gasteiger partial charge in [-0.1, -0.05) is 13.3 Å². The minimum Gasteiger partial charge on any atom is -0.383 e. The number of hydrogen-bond acceptors (Lipinski definition) is 4. The maximum atomic E-state index is 6.11. The lowest BCUT2D eigenvalue weighted by molar-refractivity contribution is 0.0561. The molecule has 0 bridgehead atoms. The fourth-order valence-electron chi connectivity index (χ4n) is 2.97. The zero-order valence-corrected chi connectivity index (χ0v) is 13.3. The molecular formula is C14H30N2OS. The number of methoxy groups -OCH3 is 1. The Morgan fingerprint density at radius 3 is 2.44 bits per heavy atom. The first-order valence-corrected chi connectivity index (χ1v) is 8.37. The summed E-state index contributed by atoms with van der Waals surface area (Å²) in [7, 11) is 1.78. The van der Waals surface area contributed by atoms with Crippen molar-refractivity contribution in [2.75, 3.05) is 33.1 Å². The predicted molar refractivity (Wildman–Crippen MR) is 81.3 cm³/mol. The molecule has 0 saturated heterocycles. The van der Waals surface area contributed by atoms with Crippen molar-refractivity contribution in [1.82, 2.24) is 4.90 Å². The summed E-state index contributed by atoms with van der Waals surface area (Å²) >= 11 is 2.02. The Bertz CT molecular complexity index is 228. The highest BCUT2D eigenvalue weighted by Crippen LogP contribution is 2.47. The summed E-state index contributed by atoms with van der Waals surface area (Å²) in [6.07, 6.45) is 7.40. The number of nitrogens with two attached hydrogens (primary N) is 1. The lowest BCUT2D eigenvalue weighted by atomic mass is 9.77. The van der Waals surface area contributed by atoms with Crippen LogP contribution >= 0.6 is 11.8 Å². The van der Waals surface area contributed by atoms with Gasteiger partial charge in [0.1, 0.15) is 0 Å². The number of ether oxygens (including phenoxy) is 1. The monoisotopic (exact) mass is 274 g/mol. The van der Waals surface area contributed by atoms with E-state index in [2.05, 4.69) is 25.0 Å². The minimum absolute atomic E-state index is 0.395. The van der Waals surface area contributed by atoms with E-state index in [1.807, 2.05) is 11.8 Å². The van der Waals surface area contributed by atoms with E-state index in [-0.39, 0.29) is 0 Å². The maximum Gasteiger partial charge on any atom is 0.0589 e. The van der Waals surface area contributed by atoms with Crippen molar-refractivity contribution in [2.24, 2.45) is 5.73 Å². The quantitative estimate of drug-likeness (QED) is 0.700. The Balaban J connectivity index is 2.78. The van der Waals surface area contributed by atoms with Crippen LogP contribution < -0.4 is 5.73 Å². The van der Waals surface area contributed by atoms with Crippen LogP contribution in [0.2, 0.25) is 0 Å². The van der Waals surface area contributed by atoms with E-state index in [0.29, 0.717) is 16.8 Å². The standard InChI is InChI=1S/C14H30N2OS/c1-5-12(2)16(9-10-17-3)13(11-15)14(18-4)7-6-8-14/h12-13H,5-11,15H2,1-4H3. The summed E-state index contributed by atoms with van der Waals surface area (Å²) < 4.78 is 5.67. The Hall–Kier alpha value is 0.230. The van der Waals surface area contributed by atoms with E-state index in [9.17, 15) is 0 Å². The van der Waals surface area contributed by atoms with Crippen LogP contribution in [0.5, 0.6) is 0 Å². The van der Waals surface area contributed by atoms with Gasteiger partial charge in [0, 0.05) is 37.0 Å². The van der Waals surface area contributed by atoms with Crippen molar-refractivity contribution >= 4 is 11.8 Å².